The zero-order valence-corrected chi connectivity index (χ0v) is 14.3. The summed E-state index contributed by atoms with van der Waals surface area (Å²) in [5, 5.41) is 0. The fourth-order valence-corrected chi connectivity index (χ4v) is 3.15. The van der Waals surface area contributed by atoms with E-state index < -0.39 is 0 Å². The maximum Gasteiger partial charge on any atom is 0.0385 e. The molecule has 0 saturated carbocycles. The summed E-state index contributed by atoms with van der Waals surface area (Å²) in [7, 11) is 2.24. The second kappa shape index (κ2) is 8.47. The monoisotopic (exact) mass is 315 g/mol. The van der Waals surface area contributed by atoms with Crippen molar-refractivity contribution in [3.8, 4) is 0 Å². The maximum absolute atomic E-state index is 2.48. The Labute approximate surface area is 145 Å². The van der Waals surface area contributed by atoms with Crippen LogP contribution in [0.2, 0.25) is 0 Å². The Balaban J connectivity index is 1.73. The van der Waals surface area contributed by atoms with E-state index in [-0.39, 0.29) is 0 Å². The minimum absolute atomic E-state index is 0.400. The smallest absolute Gasteiger partial charge is 0.0385 e. The minimum atomic E-state index is 0.400. The molecule has 0 aliphatic carbocycles. The van der Waals surface area contributed by atoms with Crippen LogP contribution in [0.3, 0.4) is 0 Å². The number of rotatable bonds is 7. The minimum Gasteiger partial charge on any atom is -0.299 e. The maximum atomic E-state index is 2.48. The molecule has 3 rings (SSSR count). The largest absolute Gasteiger partial charge is 0.299 e. The van der Waals surface area contributed by atoms with E-state index in [1.54, 1.807) is 0 Å². The first-order valence-corrected chi connectivity index (χ1v) is 8.66. The van der Waals surface area contributed by atoms with Crippen molar-refractivity contribution in [3.05, 3.63) is 108 Å². The molecule has 0 N–H and O–H groups in total. The van der Waals surface area contributed by atoms with Crippen LogP contribution in [-0.2, 0) is 12.8 Å². The van der Waals surface area contributed by atoms with Gasteiger partial charge in [0.2, 0.25) is 0 Å². The van der Waals surface area contributed by atoms with E-state index in [1.807, 2.05) is 0 Å². The van der Waals surface area contributed by atoms with Gasteiger partial charge >= 0.3 is 0 Å². The van der Waals surface area contributed by atoms with Crippen molar-refractivity contribution in [2.45, 2.75) is 18.9 Å². The molecule has 0 aromatic heterocycles. The molecular formula is C23H25N. The Morgan fingerprint density at radius 1 is 0.667 bits per heavy atom. The van der Waals surface area contributed by atoms with Crippen LogP contribution in [0.5, 0.6) is 0 Å². The summed E-state index contributed by atoms with van der Waals surface area (Å²) >= 11 is 0. The molecular weight excluding hydrogens is 290 g/mol. The SMILES string of the molecule is CN(CCc1ccccc1)C(Cc1ccccc1)c1ccccc1. The number of nitrogens with zero attached hydrogens (tertiary/aromatic N) is 1. The molecule has 0 fully saturated rings. The molecule has 1 nitrogen and oxygen atoms in total. The number of likely N-dealkylation sites (N-methyl/N-ethyl adjacent to an activating group) is 1. The topological polar surface area (TPSA) is 3.24 Å². The Bertz CT molecular complexity index is 707. The Morgan fingerprint density at radius 2 is 1.17 bits per heavy atom. The lowest BCUT2D eigenvalue weighted by atomic mass is 9.97. The summed E-state index contributed by atoms with van der Waals surface area (Å²) in [4.78, 5) is 2.48. The van der Waals surface area contributed by atoms with Crippen molar-refractivity contribution in [1.82, 2.24) is 4.90 Å². The quantitative estimate of drug-likeness (QED) is 0.583. The first-order valence-electron chi connectivity index (χ1n) is 8.66. The van der Waals surface area contributed by atoms with Crippen LogP contribution in [0.25, 0.3) is 0 Å². The zero-order valence-electron chi connectivity index (χ0n) is 14.3. The van der Waals surface area contributed by atoms with Crippen LogP contribution >= 0.6 is 0 Å². The number of hydrogen-bond donors (Lipinski definition) is 0. The first-order chi connectivity index (χ1) is 11.8. The van der Waals surface area contributed by atoms with Crippen LogP contribution in [0.15, 0.2) is 91.0 Å². The fraction of sp³-hybridized carbons (Fsp3) is 0.217. The third-order valence-electron chi connectivity index (χ3n) is 4.58. The average Bonchev–Trinajstić information content (AvgIpc) is 2.66. The third-order valence-corrected chi connectivity index (χ3v) is 4.58. The molecule has 0 heterocycles. The zero-order chi connectivity index (χ0) is 16.6. The Kier molecular flexibility index (Phi) is 5.81. The van der Waals surface area contributed by atoms with Gasteiger partial charge in [0.1, 0.15) is 0 Å². The number of hydrogen-bond acceptors (Lipinski definition) is 1. The third kappa shape index (κ3) is 4.56. The average molecular weight is 315 g/mol. The lowest BCUT2D eigenvalue weighted by Gasteiger charge is -2.29. The highest BCUT2D eigenvalue weighted by atomic mass is 15.1. The predicted molar refractivity (Wildman–Crippen MR) is 102 cm³/mol. The Hall–Kier alpha value is -2.38. The molecule has 1 unspecified atom stereocenters. The molecule has 3 aromatic rings. The molecule has 0 amide bonds. The van der Waals surface area contributed by atoms with Crippen LogP contribution in [0.1, 0.15) is 22.7 Å². The van der Waals surface area contributed by atoms with Gasteiger partial charge in [0.15, 0.2) is 0 Å². The van der Waals surface area contributed by atoms with E-state index in [0.29, 0.717) is 6.04 Å². The molecule has 3 aromatic carbocycles. The van der Waals surface area contributed by atoms with Gasteiger partial charge in [-0.1, -0.05) is 91.0 Å². The Morgan fingerprint density at radius 3 is 1.75 bits per heavy atom. The van der Waals surface area contributed by atoms with Crippen LogP contribution in [-0.4, -0.2) is 18.5 Å². The van der Waals surface area contributed by atoms with Crippen molar-refractivity contribution in [1.29, 1.82) is 0 Å². The van der Waals surface area contributed by atoms with Gasteiger partial charge in [0.25, 0.3) is 0 Å². The predicted octanol–water partition coefficient (Wildman–Crippen LogP) is 5.14. The molecule has 0 aliphatic rings. The number of benzene rings is 3. The summed E-state index contributed by atoms with van der Waals surface area (Å²) < 4.78 is 0. The van der Waals surface area contributed by atoms with Crippen LogP contribution in [0.4, 0.5) is 0 Å². The van der Waals surface area contributed by atoms with Gasteiger partial charge in [0, 0.05) is 12.6 Å². The van der Waals surface area contributed by atoms with Crippen molar-refractivity contribution < 1.29 is 0 Å². The van der Waals surface area contributed by atoms with Gasteiger partial charge in [-0.2, -0.15) is 0 Å². The summed E-state index contributed by atoms with van der Waals surface area (Å²) in [6.45, 7) is 1.05. The van der Waals surface area contributed by atoms with Crippen molar-refractivity contribution in [2.75, 3.05) is 13.6 Å². The summed E-state index contributed by atoms with van der Waals surface area (Å²) in [5.41, 5.74) is 4.17. The van der Waals surface area contributed by atoms with Gasteiger partial charge in [0.05, 0.1) is 0 Å². The second-order valence-electron chi connectivity index (χ2n) is 6.33. The molecule has 24 heavy (non-hydrogen) atoms. The molecule has 0 bridgehead atoms. The summed E-state index contributed by atoms with van der Waals surface area (Å²) in [5.74, 6) is 0. The molecule has 122 valence electrons. The highest BCUT2D eigenvalue weighted by Gasteiger charge is 2.17. The molecule has 0 aliphatic heterocycles. The molecule has 0 radical (unpaired) electrons. The first kappa shape index (κ1) is 16.5. The van der Waals surface area contributed by atoms with Gasteiger partial charge in [-0.25, -0.2) is 0 Å². The van der Waals surface area contributed by atoms with E-state index in [4.69, 9.17) is 0 Å². The molecule has 1 atom stereocenters. The van der Waals surface area contributed by atoms with Crippen molar-refractivity contribution in [2.24, 2.45) is 0 Å². The van der Waals surface area contributed by atoms with E-state index in [2.05, 4.69) is 103 Å². The van der Waals surface area contributed by atoms with Gasteiger partial charge < -0.3 is 0 Å². The normalized spacial score (nSPS) is 12.2. The fourth-order valence-electron chi connectivity index (χ4n) is 3.15. The van der Waals surface area contributed by atoms with Gasteiger partial charge in [-0.3, -0.25) is 4.90 Å². The van der Waals surface area contributed by atoms with Gasteiger partial charge in [-0.05, 0) is 36.6 Å². The lowest BCUT2D eigenvalue weighted by Crippen LogP contribution is -2.28. The van der Waals surface area contributed by atoms with Crippen molar-refractivity contribution in [3.63, 3.8) is 0 Å². The van der Waals surface area contributed by atoms with Gasteiger partial charge in [-0.15, -0.1) is 0 Å². The van der Waals surface area contributed by atoms with Crippen molar-refractivity contribution >= 4 is 0 Å². The van der Waals surface area contributed by atoms with Crippen LogP contribution in [0, 0.1) is 0 Å². The lowest BCUT2D eigenvalue weighted by molar-refractivity contribution is 0.246. The molecule has 0 saturated heterocycles. The van der Waals surface area contributed by atoms with E-state index >= 15 is 0 Å². The molecule has 0 spiro atoms. The highest BCUT2D eigenvalue weighted by molar-refractivity contribution is 5.24. The van der Waals surface area contributed by atoms with E-state index in [0.717, 1.165) is 19.4 Å². The molecule has 1 heteroatoms. The van der Waals surface area contributed by atoms with E-state index in [9.17, 15) is 0 Å². The second-order valence-corrected chi connectivity index (χ2v) is 6.33. The van der Waals surface area contributed by atoms with Crippen LogP contribution < -0.4 is 0 Å². The highest BCUT2D eigenvalue weighted by Crippen LogP contribution is 2.24. The summed E-state index contributed by atoms with van der Waals surface area (Å²) in [6, 6.07) is 32.8. The summed E-state index contributed by atoms with van der Waals surface area (Å²) in [6.07, 6.45) is 2.12. The van der Waals surface area contributed by atoms with E-state index in [1.165, 1.54) is 16.7 Å². The standard InChI is InChI=1S/C23H25N/c1-24(18-17-20-11-5-2-6-12-20)23(22-15-9-4-10-16-22)19-21-13-7-3-8-14-21/h2-16,23H,17-19H2,1H3.